The number of ether oxygens (including phenoxy) is 1. The zero-order valence-corrected chi connectivity index (χ0v) is 19.2. The lowest BCUT2D eigenvalue weighted by atomic mass is 9.79. The minimum absolute atomic E-state index is 0.0406. The Kier molecular flexibility index (Phi) is 4.30. The van der Waals surface area contributed by atoms with Crippen LogP contribution < -0.4 is 10.3 Å². The molecule has 0 radical (unpaired) electrons. The quantitative estimate of drug-likeness (QED) is 0.327. The Hall–Kier alpha value is -2.57. The number of nitrogens with zero attached hydrogens (tertiary/aromatic N) is 2. The van der Waals surface area contributed by atoms with Gasteiger partial charge in [-0.15, -0.1) is 11.8 Å². The summed E-state index contributed by atoms with van der Waals surface area (Å²) in [5, 5.41) is 0.998. The Labute approximate surface area is 192 Å². The highest BCUT2D eigenvalue weighted by molar-refractivity contribution is 9.09. The number of para-hydroxylation sites is 2. The van der Waals surface area contributed by atoms with Crippen LogP contribution in [0.4, 0.5) is 0 Å². The van der Waals surface area contributed by atoms with E-state index in [1.54, 1.807) is 22.5 Å². The fourth-order valence-electron chi connectivity index (χ4n) is 4.83. The average molecular weight is 491 g/mol. The minimum Gasteiger partial charge on any atom is -0.491 e. The van der Waals surface area contributed by atoms with Gasteiger partial charge in [-0.3, -0.25) is 9.36 Å². The van der Waals surface area contributed by atoms with Crippen molar-refractivity contribution >= 4 is 38.7 Å². The summed E-state index contributed by atoms with van der Waals surface area (Å²) in [6.07, 6.45) is 1.75. The second-order valence-electron chi connectivity index (χ2n) is 8.06. The lowest BCUT2D eigenvalue weighted by molar-refractivity contribution is 0.223. The molecule has 0 unspecified atom stereocenters. The SMILES string of the molecule is Cc1cccc2c1OC[C@]1(Br)c3c(c4cccnc4n(-c4ccccc4)c3=O)SC[C@H]21. The van der Waals surface area contributed by atoms with Gasteiger partial charge >= 0.3 is 0 Å². The third-order valence-electron chi connectivity index (χ3n) is 6.31. The summed E-state index contributed by atoms with van der Waals surface area (Å²) in [7, 11) is 0. The summed E-state index contributed by atoms with van der Waals surface area (Å²) in [6, 6.07) is 20.0. The molecule has 31 heavy (non-hydrogen) atoms. The van der Waals surface area contributed by atoms with Crippen LogP contribution in [0.3, 0.4) is 0 Å². The van der Waals surface area contributed by atoms with Gasteiger partial charge in [-0.05, 0) is 36.8 Å². The van der Waals surface area contributed by atoms with Gasteiger partial charge in [0, 0.05) is 33.7 Å². The van der Waals surface area contributed by atoms with Gasteiger partial charge in [0.05, 0.1) is 15.6 Å². The number of benzene rings is 2. The highest BCUT2D eigenvalue weighted by atomic mass is 79.9. The predicted molar refractivity (Wildman–Crippen MR) is 128 cm³/mol. The molecule has 2 aromatic carbocycles. The van der Waals surface area contributed by atoms with Gasteiger partial charge in [0.1, 0.15) is 18.0 Å². The molecule has 2 aromatic heterocycles. The Morgan fingerprint density at radius 2 is 1.97 bits per heavy atom. The van der Waals surface area contributed by atoms with Gasteiger partial charge in [-0.2, -0.15) is 0 Å². The Morgan fingerprint density at radius 1 is 1.13 bits per heavy atom. The maximum Gasteiger partial charge on any atom is 0.262 e. The van der Waals surface area contributed by atoms with E-state index in [0.29, 0.717) is 12.3 Å². The molecular weight excluding hydrogens is 472 g/mol. The number of hydrogen-bond donors (Lipinski definition) is 0. The van der Waals surface area contributed by atoms with E-state index < -0.39 is 4.32 Å². The number of halogens is 1. The van der Waals surface area contributed by atoms with Crippen molar-refractivity contribution in [3.8, 4) is 11.4 Å². The van der Waals surface area contributed by atoms with Crippen molar-refractivity contribution in [1.82, 2.24) is 9.55 Å². The van der Waals surface area contributed by atoms with Crippen molar-refractivity contribution in [3.63, 3.8) is 0 Å². The molecule has 0 bridgehead atoms. The van der Waals surface area contributed by atoms with Crippen LogP contribution in [0.1, 0.15) is 22.6 Å². The predicted octanol–water partition coefficient (Wildman–Crippen LogP) is 5.57. The van der Waals surface area contributed by atoms with Crippen molar-refractivity contribution in [2.75, 3.05) is 12.4 Å². The van der Waals surface area contributed by atoms with E-state index >= 15 is 0 Å². The molecule has 4 aromatic rings. The third-order valence-corrected chi connectivity index (χ3v) is 8.70. The average Bonchev–Trinajstić information content (AvgIpc) is 2.79. The lowest BCUT2D eigenvalue weighted by Crippen LogP contribution is -2.46. The van der Waals surface area contributed by atoms with E-state index in [1.165, 1.54) is 5.56 Å². The van der Waals surface area contributed by atoms with Crippen LogP contribution >= 0.6 is 27.7 Å². The molecular formula is C25H19BrN2O2S. The van der Waals surface area contributed by atoms with Crippen molar-refractivity contribution in [3.05, 3.63) is 93.9 Å². The molecule has 154 valence electrons. The van der Waals surface area contributed by atoms with Crippen molar-refractivity contribution < 1.29 is 4.74 Å². The first kappa shape index (κ1) is 19.1. The van der Waals surface area contributed by atoms with Gasteiger partial charge in [-0.25, -0.2) is 4.98 Å². The van der Waals surface area contributed by atoms with E-state index in [0.717, 1.165) is 38.6 Å². The summed E-state index contributed by atoms with van der Waals surface area (Å²) in [5.74, 6) is 1.97. The molecule has 0 aliphatic carbocycles. The summed E-state index contributed by atoms with van der Waals surface area (Å²) in [6.45, 7) is 2.49. The lowest BCUT2D eigenvalue weighted by Gasteiger charge is -2.44. The zero-order valence-electron chi connectivity index (χ0n) is 16.8. The minimum atomic E-state index is -0.591. The molecule has 4 heterocycles. The summed E-state index contributed by atoms with van der Waals surface area (Å²) >= 11 is 5.79. The molecule has 0 saturated carbocycles. The van der Waals surface area contributed by atoms with E-state index in [4.69, 9.17) is 4.74 Å². The monoisotopic (exact) mass is 490 g/mol. The van der Waals surface area contributed by atoms with Gasteiger partial charge in [0.2, 0.25) is 0 Å². The van der Waals surface area contributed by atoms with Crippen LogP contribution in [-0.2, 0) is 4.32 Å². The van der Waals surface area contributed by atoms with Crippen LogP contribution in [0.25, 0.3) is 16.7 Å². The highest BCUT2D eigenvalue weighted by Crippen LogP contribution is 2.57. The number of hydrogen-bond acceptors (Lipinski definition) is 4. The number of pyridine rings is 2. The molecule has 0 N–H and O–H groups in total. The molecule has 2 aliphatic rings. The number of aryl methyl sites for hydroxylation is 1. The standard InChI is InChI=1S/C25H19BrN2O2S/c1-15-7-5-10-17-19-13-31-22-18-11-6-12-27-23(18)28(16-8-3-2-4-9-16)24(29)20(22)25(19,26)14-30-21(15)17/h2-12,19H,13-14H2,1H3/t19-,25-/m1/s1. The second-order valence-corrected chi connectivity index (χ2v) is 10.5. The molecule has 6 rings (SSSR count). The van der Waals surface area contributed by atoms with Crippen LogP contribution in [0.5, 0.6) is 5.75 Å². The van der Waals surface area contributed by atoms with Crippen LogP contribution in [0, 0.1) is 6.92 Å². The van der Waals surface area contributed by atoms with E-state index in [1.807, 2.05) is 36.4 Å². The summed E-state index contributed by atoms with van der Waals surface area (Å²) in [4.78, 5) is 19.7. The Balaban J connectivity index is 1.68. The maximum atomic E-state index is 14.1. The largest absolute Gasteiger partial charge is 0.491 e. The molecule has 0 fully saturated rings. The number of thioether (sulfide) groups is 1. The molecule has 4 nitrogen and oxygen atoms in total. The normalized spacial score (nSPS) is 21.7. The number of aromatic nitrogens is 2. The molecule has 2 atom stereocenters. The van der Waals surface area contributed by atoms with Gasteiger partial charge in [-0.1, -0.05) is 52.3 Å². The fourth-order valence-corrected chi connectivity index (χ4v) is 7.59. The first-order valence-corrected chi connectivity index (χ1v) is 12.0. The van der Waals surface area contributed by atoms with Gasteiger partial charge < -0.3 is 4.74 Å². The van der Waals surface area contributed by atoms with E-state index in [2.05, 4.69) is 52.1 Å². The maximum absolute atomic E-state index is 14.1. The molecule has 0 saturated heterocycles. The van der Waals surface area contributed by atoms with Crippen LogP contribution in [-0.4, -0.2) is 21.9 Å². The third kappa shape index (κ3) is 2.68. The van der Waals surface area contributed by atoms with Crippen LogP contribution in [0.2, 0.25) is 0 Å². The Morgan fingerprint density at radius 3 is 2.81 bits per heavy atom. The molecule has 2 aliphatic heterocycles. The second kappa shape index (κ2) is 6.97. The first-order chi connectivity index (χ1) is 15.1. The van der Waals surface area contributed by atoms with Crippen molar-refractivity contribution in [2.45, 2.75) is 22.1 Å². The van der Waals surface area contributed by atoms with Crippen molar-refractivity contribution in [1.29, 1.82) is 0 Å². The van der Waals surface area contributed by atoms with E-state index in [9.17, 15) is 4.79 Å². The van der Waals surface area contributed by atoms with Gasteiger partial charge in [0.15, 0.2) is 0 Å². The highest BCUT2D eigenvalue weighted by Gasteiger charge is 2.51. The van der Waals surface area contributed by atoms with E-state index in [-0.39, 0.29) is 11.5 Å². The number of fused-ring (bicyclic) bond motifs is 7. The molecule has 0 amide bonds. The zero-order chi connectivity index (χ0) is 21.2. The smallest absolute Gasteiger partial charge is 0.262 e. The van der Waals surface area contributed by atoms with Crippen molar-refractivity contribution in [2.24, 2.45) is 0 Å². The summed E-state index contributed by atoms with van der Waals surface area (Å²) < 4.78 is 7.43. The molecule has 6 heteroatoms. The first-order valence-electron chi connectivity index (χ1n) is 10.2. The number of alkyl halides is 1. The van der Waals surface area contributed by atoms with Crippen LogP contribution in [0.15, 0.2) is 76.6 Å². The molecule has 0 spiro atoms. The van der Waals surface area contributed by atoms with Gasteiger partial charge in [0.25, 0.3) is 5.56 Å². The summed E-state index contributed by atoms with van der Waals surface area (Å²) in [5.41, 5.74) is 4.53. The fraction of sp³-hybridized carbons (Fsp3) is 0.200. The Bertz CT molecular complexity index is 1400. The number of rotatable bonds is 1. The topological polar surface area (TPSA) is 44.1 Å².